The van der Waals surface area contributed by atoms with E-state index < -0.39 is 46.6 Å². The van der Waals surface area contributed by atoms with E-state index in [0.717, 1.165) is 6.07 Å². The van der Waals surface area contributed by atoms with E-state index in [1.165, 1.54) is 12.1 Å². The molecule has 2 rings (SSSR count). The van der Waals surface area contributed by atoms with Crippen molar-refractivity contribution in [1.29, 1.82) is 0 Å². The van der Waals surface area contributed by atoms with Gasteiger partial charge in [-0.1, -0.05) is 29.3 Å². The quantitative estimate of drug-likeness (QED) is 0.601. The number of halogens is 6. The number of anilines is 1. The molecular weight excluding hydrogens is 403 g/mol. The first-order valence-corrected chi connectivity index (χ1v) is 7.49. The van der Waals surface area contributed by atoms with Crippen molar-refractivity contribution in [3.63, 3.8) is 0 Å². The molecule has 0 fully saturated rings. The zero-order valence-electron chi connectivity index (χ0n) is 12.5. The van der Waals surface area contributed by atoms with Crippen molar-refractivity contribution in [3.8, 4) is 0 Å². The third-order valence-corrected chi connectivity index (χ3v) is 3.53. The largest absolute Gasteiger partial charge is 0.452 e. The molecule has 138 valence electrons. The van der Waals surface area contributed by atoms with E-state index in [2.05, 4.69) is 15.0 Å². The fourth-order valence-corrected chi connectivity index (χ4v) is 2.20. The summed E-state index contributed by atoms with van der Waals surface area (Å²) in [4.78, 5) is 26.9. The lowest BCUT2D eigenvalue weighted by atomic mass is 10.2. The Morgan fingerprint density at radius 2 is 1.88 bits per heavy atom. The summed E-state index contributed by atoms with van der Waals surface area (Å²) in [6.07, 6.45) is -4.17. The minimum absolute atomic E-state index is 0.206. The lowest BCUT2D eigenvalue weighted by Crippen LogP contribution is -2.22. The molecule has 0 atom stereocenters. The monoisotopic (exact) mass is 410 g/mol. The number of nitrogens with one attached hydrogen (secondary N) is 1. The number of rotatable bonds is 4. The maximum atomic E-state index is 13.6. The number of benzene rings is 1. The van der Waals surface area contributed by atoms with E-state index in [0.29, 0.717) is 12.3 Å². The smallest absolute Gasteiger partial charge is 0.417 e. The van der Waals surface area contributed by atoms with Crippen LogP contribution in [0.2, 0.25) is 10.0 Å². The lowest BCUT2D eigenvalue weighted by Gasteiger charge is -2.10. The van der Waals surface area contributed by atoms with Crippen molar-refractivity contribution in [1.82, 2.24) is 4.98 Å². The van der Waals surface area contributed by atoms with Gasteiger partial charge in [0.15, 0.2) is 12.4 Å². The van der Waals surface area contributed by atoms with Crippen molar-refractivity contribution >= 4 is 40.9 Å². The van der Waals surface area contributed by atoms with Crippen LogP contribution >= 0.6 is 23.2 Å². The van der Waals surface area contributed by atoms with Crippen molar-refractivity contribution < 1.29 is 31.9 Å². The molecule has 1 amide bonds. The standard InChI is InChI=1S/C15H8Cl2F4N2O3/c16-8-2-1-3-10(18)12(8)14(25)26-6-11(24)23-13-9(17)4-7(5-22-13)15(19,20)21/h1-5H,6H2,(H,22,23,24). The number of hydrogen-bond acceptors (Lipinski definition) is 4. The fraction of sp³-hybridized carbons (Fsp3) is 0.133. The number of esters is 1. The van der Waals surface area contributed by atoms with Crippen LogP contribution < -0.4 is 5.32 Å². The summed E-state index contributed by atoms with van der Waals surface area (Å²) in [6, 6.07) is 4.09. The van der Waals surface area contributed by atoms with Crippen LogP contribution in [0.3, 0.4) is 0 Å². The van der Waals surface area contributed by atoms with E-state index in [4.69, 9.17) is 23.2 Å². The highest BCUT2D eigenvalue weighted by Crippen LogP contribution is 2.32. The highest BCUT2D eigenvalue weighted by molar-refractivity contribution is 6.34. The van der Waals surface area contributed by atoms with Crippen LogP contribution in [0, 0.1) is 5.82 Å². The van der Waals surface area contributed by atoms with Gasteiger partial charge in [0, 0.05) is 6.20 Å². The maximum Gasteiger partial charge on any atom is 0.417 e. The number of carbonyl (C=O) groups is 2. The average Bonchev–Trinajstić information content (AvgIpc) is 2.53. The SMILES string of the molecule is O=C(COC(=O)c1c(F)cccc1Cl)Nc1ncc(C(F)(F)F)cc1Cl. The minimum Gasteiger partial charge on any atom is -0.452 e. The summed E-state index contributed by atoms with van der Waals surface area (Å²) in [7, 11) is 0. The molecule has 0 unspecified atom stereocenters. The number of aromatic nitrogens is 1. The molecule has 0 radical (unpaired) electrons. The van der Waals surface area contributed by atoms with E-state index in [1.807, 2.05) is 0 Å². The molecule has 0 bridgehead atoms. The Hall–Kier alpha value is -2.39. The highest BCUT2D eigenvalue weighted by atomic mass is 35.5. The highest BCUT2D eigenvalue weighted by Gasteiger charge is 2.31. The lowest BCUT2D eigenvalue weighted by molar-refractivity contribution is -0.137. The molecule has 1 N–H and O–H groups in total. The molecule has 2 aromatic rings. The molecule has 0 saturated carbocycles. The Kier molecular flexibility index (Phi) is 6.04. The van der Waals surface area contributed by atoms with Crippen LogP contribution in [0.4, 0.5) is 23.4 Å². The first-order chi connectivity index (χ1) is 12.1. The van der Waals surface area contributed by atoms with Gasteiger partial charge in [0.2, 0.25) is 0 Å². The molecule has 0 aliphatic rings. The summed E-state index contributed by atoms with van der Waals surface area (Å²) >= 11 is 11.3. The van der Waals surface area contributed by atoms with Gasteiger partial charge in [-0.15, -0.1) is 0 Å². The number of amides is 1. The molecule has 0 spiro atoms. The summed E-state index contributed by atoms with van der Waals surface area (Å²) in [5, 5.41) is 1.40. The number of nitrogens with zero attached hydrogens (tertiary/aromatic N) is 1. The van der Waals surface area contributed by atoms with Gasteiger partial charge < -0.3 is 10.1 Å². The van der Waals surface area contributed by atoms with Gasteiger partial charge >= 0.3 is 12.1 Å². The van der Waals surface area contributed by atoms with Gasteiger partial charge in [0.25, 0.3) is 5.91 Å². The molecule has 1 aromatic heterocycles. The summed E-state index contributed by atoms with van der Waals surface area (Å²) in [6.45, 7) is -0.859. The van der Waals surface area contributed by atoms with Crippen LogP contribution in [0.5, 0.6) is 0 Å². The van der Waals surface area contributed by atoms with Gasteiger partial charge in [-0.3, -0.25) is 4.79 Å². The second-order valence-corrected chi connectivity index (χ2v) is 5.59. The zero-order chi connectivity index (χ0) is 19.5. The van der Waals surface area contributed by atoms with Crippen LogP contribution in [-0.2, 0) is 15.7 Å². The third kappa shape index (κ3) is 4.83. The van der Waals surface area contributed by atoms with Crippen molar-refractivity contribution in [2.45, 2.75) is 6.18 Å². The zero-order valence-corrected chi connectivity index (χ0v) is 14.0. The van der Waals surface area contributed by atoms with Gasteiger partial charge in [-0.25, -0.2) is 14.2 Å². The number of alkyl halides is 3. The molecule has 0 aliphatic carbocycles. The van der Waals surface area contributed by atoms with E-state index in [-0.39, 0.29) is 10.8 Å². The Balaban J connectivity index is 2.00. The van der Waals surface area contributed by atoms with Crippen LogP contribution in [0.25, 0.3) is 0 Å². The van der Waals surface area contributed by atoms with Gasteiger partial charge in [0.1, 0.15) is 11.4 Å². The predicted octanol–water partition coefficient (Wildman–Crippen LogP) is 4.34. The topological polar surface area (TPSA) is 68.3 Å². The normalized spacial score (nSPS) is 11.2. The predicted molar refractivity (Wildman–Crippen MR) is 84.6 cm³/mol. The number of carbonyl (C=O) groups excluding carboxylic acids is 2. The molecule has 26 heavy (non-hydrogen) atoms. The van der Waals surface area contributed by atoms with Gasteiger partial charge in [0.05, 0.1) is 15.6 Å². The number of pyridine rings is 1. The third-order valence-electron chi connectivity index (χ3n) is 2.93. The summed E-state index contributed by atoms with van der Waals surface area (Å²) < 4.78 is 55.7. The Morgan fingerprint density at radius 3 is 2.46 bits per heavy atom. The molecule has 1 heterocycles. The van der Waals surface area contributed by atoms with E-state index >= 15 is 0 Å². The molecule has 1 aromatic carbocycles. The van der Waals surface area contributed by atoms with Crippen molar-refractivity contribution in [2.75, 3.05) is 11.9 Å². The maximum absolute atomic E-state index is 13.6. The molecular formula is C15H8Cl2F4N2O3. The number of ether oxygens (including phenoxy) is 1. The van der Waals surface area contributed by atoms with Gasteiger partial charge in [-0.05, 0) is 18.2 Å². The first kappa shape index (κ1) is 19.9. The molecule has 5 nitrogen and oxygen atoms in total. The fourth-order valence-electron chi connectivity index (χ4n) is 1.75. The second kappa shape index (κ2) is 7.88. The molecule has 11 heteroatoms. The van der Waals surface area contributed by atoms with E-state index in [9.17, 15) is 27.2 Å². The van der Waals surface area contributed by atoms with Crippen LogP contribution in [0.15, 0.2) is 30.5 Å². The van der Waals surface area contributed by atoms with Crippen molar-refractivity contribution in [3.05, 3.63) is 57.5 Å². The van der Waals surface area contributed by atoms with Crippen LogP contribution in [0.1, 0.15) is 15.9 Å². The van der Waals surface area contributed by atoms with Crippen molar-refractivity contribution in [2.24, 2.45) is 0 Å². The summed E-state index contributed by atoms with van der Waals surface area (Å²) in [5.74, 6) is -3.42. The first-order valence-electron chi connectivity index (χ1n) is 6.73. The Labute approximate surface area is 153 Å². The van der Waals surface area contributed by atoms with Gasteiger partial charge in [-0.2, -0.15) is 13.2 Å². The van der Waals surface area contributed by atoms with E-state index in [1.54, 1.807) is 0 Å². The number of hydrogen-bond donors (Lipinski definition) is 1. The second-order valence-electron chi connectivity index (χ2n) is 4.77. The Bertz CT molecular complexity index is 839. The average molecular weight is 411 g/mol. The molecule has 0 aliphatic heterocycles. The minimum atomic E-state index is -4.65. The Morgan fingerprint density at radius 1 is 1.19 bits per heavy atom. The summed E-state index contributed by atoms with van der Waals surface area (Å²) in [5.41, 5.74) is -1.64. The van der Waals surface area contributed by atoms with Crippen LogP contribution in [-0.4, -0.2) is 23.5 Å². The molecule has 0 saturated heterocycles.